The van der Waals surface area contributed by atoms with Crippen LogP contribution in [0.25, 0.3) is 11.1 Å². The summed E-state index contributed by atoms with van der Waals surface area (Å²) in [6.45, 7) is 0.962. The smallest absolute Gasteiger partial charge is 0.0446 e. The molecule has 0 heterocycles. The highest BCUT2D eigenvalue weighted by molar-refractivity contribution is 5.78. The number of rotatable bonds is 4. The molecular formula is C17H21N2. The molecular weight excluding hydrogens is 232 g/mol. The number of nitrogens with zero attached hydrogens (tertiary/aromatic N) is 2. The standard InChI is InChI=1S/C17H21N2/c1-18(2)13-14-8-7-9-15(12-14)16-10-5-6-11-17(16)19(3)4/h5,7-12H,13H2,1-4H3. The van der Waals surface area contributed by atoms with Crippen LogP contribution in [0, 0.1) is 6.07 Å². The number of hydrogen-bond donors (Lipinski definition) is 0. The molecule has 19 heavy (non-hydrogen) atoms. The van der Waals surface area contributed by atoms with E-state index in [-0.39, 0.29) is 0 Å². The molecule has 0 unspecified atom stereocenters. The SMILES string of the molecule is CN(C)Cc1cccc(-c2cc[c]cc2N(C)C)c1. The summed E-state index contributed by atoms with van der Waals surface area (Å²) in [5, 5.41) is 0. The molecule has 1 radical (unpaired) electrons. The molecule has 0 saturated heterocycles. The molecule has 2 rings (SSSR count). The van der Waals surface area contributed by atoms with Gasteiger partial charge in [-0.15, -0.1) is 0 Å². The molecule has 0 amide bonds. The van der Waals surface area contributed by atoms with Gasteiger partial charge in [0, 0.05) is 31.9 Å². The summed E-state index contributed by atoms with van der Waals surface area (Å²) >= 11 is 0. The van der Waals surface area contributed by atoms with Gasteiger partial charge in [0.25, 0.3) is 0 Å². The van der Waals surface area contributed by atoms with Crippen molar-refractivity contribution in [1.29, 1.82) is 0 Å². The van der Waals surface area contributed by atoms with Crippen molar-refractivity contribution in [2.24, 2.45) is 0 Å². The van der Waals surface area contributed by atoms with E-state index in [2.05, 4.69) is 74.4 Å². The molecule has 2 aromatic carbocycles. The van der Waals surface area contributed by atoms with Crippen molar-refractivity contribution in [3.8, 4) is 11.1 Å². The Hall–Kier alpha value is -1.80. The van der Waals surface area contributed by atoms with Gasteiger partial charge < -0.3 is 9.80 Å². The Balaban J connectivity index is 2.42. The highest BCUT2D eigenvalue weighted by Crippen LogP contribution is 2.29. The second-order valence-electron chi connectivity index (χ2n) is 5.28. The first-order valence-corrected chi connectivity index (χ1v) is 6.49. The van der Waals surface area contributed by atoms with Crippen molar-refractivity contribution < 1.29 is 0 Å². The van der Waals surface area contributed by atoms with Crippen LogP contribution < -0.4 is 4.90 Å². The average molecular weight is 253 g/mol. The van der Waals surface area contributed by atoms with E-state index in [0.717, 1.165) is 6.54 Å². The molecule has 0 atom stereocenters. The van der Waals surface area contributed by atoms with Crippen LogP contribution >= 0.6 is 0 Å². The Morgan fingerprint density at radius 1 is 1.05 bits per heavy atom. The predicted octanol–water partition coefficient (Wildman–Crippen LogP) is 3.28. The molecule has 0 fully saturated rings. The maximum Gasteiger partial charge on any atom is 0.0446 e. The van der Waals surface area contributed by atoms with Crippen molar-refractivity contribution in [1.82, 2.24) is 4.90 Å². The van der Waals surface area contributed by atoms with Gasteiger partial charge in [-0.1, -0.05) is 30.3 Å². The lowest BCUT2D eigenvalue weighted by Crippen LogP contribution is -2.11. The lowest BCUT2D eigenvalue weighted by atomic mass is 10.0. The van der Waals surface area contributed by atoms with Crippen LogP contribution in [-0.2, 0) is 6.54 Å². The molecule has 0 aliphatic heterocycles. The van der Waals surface area contributed by atoms with Gasteiger partial charge in [-0.2, -0.15) is 0 Å². The fourth-order valence-corrected chi connectivity index (χ4v) is 2.24. The van der Waals surface area contributed by atoms with E-state index in [4.69, 9.17) is 0 Å². The van der Waals surface area contributed by atoms with Gasteiger partial charge in [0.15, 0.2) is 0 Å². The number of benzene rings is 2. The molecule has 0 saturated carbocycles. The summed E-state index contributed by atoms with van der Waals surface area (Å²) in [7, 11) is 8.32. The van der Waals surface area contributed by atoms with Gasteiger partial charge >= 0.3 is 0 Å². The molecule has 0 aromatic heterocycles. The van der Waals surface area contributed by atoms with E-state index < -0.39 is 0 Å². The third-order valence-corrected chi connectivity index (χ3v) is 3.06. The van der Waals surface area contributed by atoms with Crippen molar-refractivity contribution in [2.75, 3.05) is 33.1 Å². The van der Waals surface area contributed by atoms with Gasteiger partial charge in [-0.3, -0.25) is 0 Å². The monoisotopic (exact) mass is 253 g/mol. The summed E-state index contributed by atoms with van der Waals surface area (Å²) in [4.78, 5) is 4.31. The van der Waals surface area contributed by atoms with Gasteiger partial charge in [0.05, 0.1) is 0 Å². The van der Waals surface area contributed by atoms with E-state index in [9.17, 15) is 0 Å². The first kappa shape index (κ1) is 13.6. The maximum absolute atomic E-state index is 3.15. The molecule has 2 heteroatoms. The Morgan fingerprint density at radius 2 is 1.84 bits per heavy atom. The van der Waals surface area contributed by atoms with Gasteiger partial charge in [-0.25, -0.2) is 0 Å². The molecule has 0 bridgehead atoms. The molecule has 99 valence electrons. The Bertz CT molecular complexity index is 544. The topological polar surface area (TPSA) is 6.48 Å². The number of anilines is 1. The second kappa shape index (κ2) is 5.89. The zero-order valence-corrected chi connectivity index (χ0v) is 12.1. The summed E-state index contributed by atoms with van der Waals surface area (Å²) in [5.74, 6) is 0. The predicted molar refractivity (Wildman–Crippen MR) is 82.4 cm³/mol. The van der Waals surface area contributed by atoms with Crippen LogP contribution in [0.5, 0.6) is 0 Å². The molecule has 0 aliphatic rings. The van der Waals surface area contributed by atoms with Crippen LogP contribution in [0.1, 0.15) is 5.56 Å². The first-order valence-electron chi connectivity index (χ1n) is 6.49. The van der Waals surface area contributed by atoms with Crippen molar-refractivity contribution in [3.05, 3.63) is 54.1 Å². The van der Waals surface area contributed by atoms with Crippen LogP contribution in [-0.4, -0.2) is 33.1 Å². The summed E-state index contributed by atoms with van der Waals surface area (Å²) in [6, 6.07) is 18.0. The third-order valence-electron chi connectivity index (χ3n) is 3.06. The minimum Gasteiger partial charge on any atom is -0.377 e. The highest BCUT2D eigenvalue weighted by Gasteiger charge is 2.07. The normalized spacial score (nSPS) is 10.8. The van der Waals surface area contributed by atoms with Crippen LogP contribution in [0.4, 0.5) is 5.69 Å². The molecule has 0 aliphatic carbocycles. The first-order chi connectivity index (χ1) is 9.08. The molecule has 2 nitrogen and oxygen atoms in total. The van der Waals surface area contributed by atoms with Crippen LogP contribution in [0.15, 0.2) is 42.5 Å². The molecule has 0 N–H and O–H groups in total. The third kappa shape index (κ3) is 3.36. The summed E-state index contributed by atoms with van der Waals surface area (Å²) < 4.78 is 0. The van der Waals surface area contributed by atoms with Crippen molar-refractivity contribution >= 4 is 5.69 Å². The van der Waals surface area contributed by atoms with Gasteiger partial charge in [0.1, 0.15) is 0 Å². The van der Waals surface area contributed by atoms with Gasteiger partial charge in [-0.05, 0) is 43.4 Å². The molecule has 0 spiro atoms. The van der Waals surface area contributed by atoms with Crippen LogP contribution in [0.3, 0.4) is 0 Å². The van der Waals surface area contributed by atoms with Crippen LogP contribution in [0.2, 0.25) is 0 Å². The minimum absolute atomic E-state index is 0.962. The van der Waals surface area contributed by atoms with E-state index in [1.165, 1.54) is 22.4 Å². The zero-order chi connectivity index (χ0) is 13.8. The summed E-state index contributed by atoms with van der Waals surface area (Å²) in [5.41, 5.74) is 5.05. The van der Waals surface area contributed by atoms with E-state index in [0.29, 0.717) is 0 Å². The van der Waals surface area contributed by atoms with E-state index >= 15 is 0 Å². The second-order valence-corrected chi connectivity index (χ2v) is 5.28. The minimum atomic E-state index is 0.962. The van der Waals surface area contributed by atoms with Gasteiger partial charge in [0.2, 0.25) is 0 Å². The van der Waals surface area contributed by atoms with Crippen molar-refractivity contribution in [3.63, 3.8) is 0 Å². The summed E-state index contributed by atoms with van der Waals surface area (Å²) in [6.07, 6.45) is 0. The van der Waals surface area contributed by atoms with Crippen molar-refractivity contribution in [2.45, 2.75) is 6.54 Å². The Kier molecular flexibility index (Phi) is 4.23. The zero-order valence-electron chi connectivity index (χ0n) is 12.1. The fourth-order valence-electron chi connectivity index (χ4n) is 2.24. The lowest BCUT2D eigenvalue weighted by molar-refractivity contribution is 0.402. The largest absolute Gasteiger partial charge is 0.377 e. The quantitative estimate of drug-likeness (QED) is 0.825. The average Bonchev–Trinajstić information content (AvgIpc) is 2.38. The maximum atomic E-state index is 3.15. The fraction of sp³-hybridized carbons (Fsp3) is 0.294. The highest BCUT2D eigenvalue weighted by atomic mass is 15.1. The van der Waals surface area contributed by atoms with E-state index in [1.54, 1.807) is 0 Å². The Morgan fingerprint density at radius 3 is 2.53 bits per heavy atom. The molecule has 2 aromatic rings. The Labute approximate surface area is 116 Å². The number of hydrogen-bond acceptors (Lipinski definition) is 2. The lowest BCUT2D eigenvalue weighted by Gasteiger charge is -2.18. The van der Waals surface area contributed by atoms with E-state index in [1.807, 2.05) is 12.1 Å².